The van der Waals surface area contributed by atoms with Crippen LogP contribution in [0.3, 0.4) is 0 Å². The molecule has 1 aromatic rings. The molecule has 25 heavy (non-hydrogen) atoms. The average molecular weight is 363 g/mol. The zero-order chi connectivity index (χ0) is 18.0. The number of ether oxygens (including phenoxy) is 1. The lowest BCUT2D eigenvalue weighted by Crippen LogP contribution is -2.54. The Morgan fingerprint density at radius 3 is 2.44 bits per heavy atom. The molecule has 2 aliphatic heterocycles. The van der Waals surface area contributed by atoms with Crippen molar-refractivity contribution in [2.45, 2.75) is 18.3 Å². The molecule has 2 aliphatic rings. The van der Waals surface area contributed by atoms with Crippen LogP contribution in [0.5, 0.6) is 5.75 Å². The highest BCUT2D eigenvalue weighted by Gasteiger charge is 2.40. The van der Waals surface area contributed by atoms with Gasteiger partial charge >= 0.3 is 0 Å². The van der Waals surface area contributed by atoms with E-state index in [-0.39, 0.29) is 17.2 Å². The number of benzene rings is 1. The van der Waals surface area contributed by atoms with Gasteiger partial charge < -0.3 is 19.4 Å². The molecule has 2 atom stereocenters. The summed E-state index contributed by atoms with van der Waals surface area (Å²) in [4.78, 5) is 31.2. The maximum absolute atomic E-state index is 12.9. The number of likely N-dealkylation sites (N-methyl/N-ethyl adjacent to an activating group) is 1. The second-order valence-electron chi connectivity index (χ2n) is 6.54. The van der Waals surface area contributed by atoms with Crippen molar-refractivity contribution in [1.29, 1.82) is 0 Å². The molecule has 0 N–H and O–H groups in total. The van der Waals surface area contributed by atoms with Crippen molar-refractivity contribution >= 4 is 23.6 Å². The predicted octanol–water partition coefficient (Wildman–Crippen LogP) is 1.43. The summed E-state index contributed by atoms with van der Waals surface area (Å²) >= 11 is 1.57. The third-order valence-corrected chi connectivity index (χ3v) is 6.12. The van der Waals surface area contributed by atoms with E-state index in [1.807, 2.05) is 36.1 Å². The van der Waals surface area contributed by atoms with Crippen LogP contribution in [0.4, 0.5) is 0 Å². The van der Waals surface area contributed by atoms with Gasteiger partial charge in [0.2, 0.25) is 11.8 Å². The summed E-state index contributed by atoms with van der Waals surface area (Å²) < 4.78 is 5.20. The van der Waals surface area contributed by atoms with Crippen LogP contribution in [-0.4, -0.2) is 78.6 Å². The molecule has 3 rings (SSSR count). The fourth-order valence-corrected chi connectivity index (χ4v) is 4.55. The lowest BCUT2D eigenvalue weighted by molar-refractivity contribution is -0.145. The minimum Gasteiger partial charge on any atom is -0.497 e. The molecule has 0 bridgehead atoms. The second-order valence-corrected chi connectivity index (χ2v) is 7.61. The summed E-state index contributed by atoms with van der Waals surface area (Å²) in [6, 6.07) is 7.27. The van der Waals surface area contributed by atoms with E-state index in [0.717, 1.165) is 37.5 Å². The van der Waals surface area contributed by atoms with Gasteiger partial charge in [-0.05, 0) is 31.7 Å². The number of nitrogens with zero attached hydrogens (tertiary/aromatic N) is 3. The van der Waals surface area contributed by atoms with Crippen LogP contribution in [0.15, 0.2) is 24.3 Å². The fraction of sp³-hybridized carbons (Fsp3) is 0.556. The molecular formula is C18H25N3O3S. The van der Waals surface area contributed by atoms with Gasteiger partial charge in [0.1, 0.15) is 17.2 Å². The first-order chi connectivity index (χ1) is 12.0. The number of hydrogen-bond donors (Lipinski definition) is 0. The number of thioether (sulfide) groups is 1. The summed E-state index contributed by atoms with van der Waals surface area (Å²) in [6.07, 6.45) is 0. The van der Waals surface area contributed by atoms with Gasteiger partial charge in [-0.25, -0.2) is 0 Å². The Morgan fingerprint density at radius 2 is 1.84 bits per heavy atom. The Kier molecular flexibility index (Phi) is 5.54. The van der Waals surface area contributed by atoms with Crippen molar-refractivity contribution in [3.05, 3.63) is 29.8 Å². The van der Waals surface area contributed by atoms with E-state index >= 15 is 0 Å². The van der Waals surface area contributed by atoms with Gasteiger partial charge in [0.05, 0.1) is 12.9 Å². The van der Waals surface area contributed by atoms with Gasteiger partial charge in [-0.15, -0.1) is 11.8 Å². The fourth-order valence-electron chi connectivity index (χ4n) is 3.29. The predicted molar refractivity (Wildman–Crippen MR) is 98.6 cm³/mol. The number of piperazine rings is 1. The molecule has 2 heterocycles. The van der Waals surface area contributed by atoms with E-state index in [0.29, 0.717) is 5.75 Å². The van der Waals surface area contributed by atoms with E-state index in [2.05, 4.69) is 11.9 Å². The van der Waals surface area contributed by atoms with Crippen LogP contribution in [0.1, 0.15) is 17.9 Å². The van der Waals surface area contributed by atoms with Crippen molar-refractivity contribution in [1.82, 2.24) is 14.7 Å². The molecule has 0 saturated carbocycles. The van der Waals surface area contributed by atoms with Crippen molar-refractivity contribution in [3.8, 4) is 5.75 Å². The first kappa shape index (κ1) is 18.1. The first-order valence-electron chi connectivity index (χ1n) is 8.55. The van der Waals surface area contributed by atoms with Crippen molar-refractivity contribution < 1.29 is 14.3 Å². The number of carbonyl (C=O) groups is 2. The van der Waals surface area contributed by atoms with Crippen LogP contribution in [0.25, 0.3) is 0 Å². The molecule has 2 saturated heterocycles. The largest absolute Gasteiger partial charge is 0.497 e. The van der Waals surface area contributed by atoms with Crippen LogP contribution < -0.4 is 4.74 Å². The van der Waals surface area contributed by atoms with Crippen LogP contribution in [0.2, 0.25) is 0 Å². The average Bonchev–Trinajstić information content (AvgIpc) is 3.02. The Balaban J connectivity index is 1.75. The smallest absolute Gasteiger partial charge is 0.245 e. The van der Waals surface area contributed by atoms with Crippen molar-refractivity contribution in [2.75, 3.05) is 46.1 Å². The number of hydrogen-bond acceptors (Lipinski definition) is 5. The van der Waals surface area contributed by atoms with Gasteiger partial charge in [0, 0.05) is 26.2 Å². The molecular weight excluding hydrogens is 338 g/mol. The molecule has 0 aliphatic carbocycles. The van der Waals surface area contributed by atoms with Crippen LogP contribution >= 0.6 is 11.8 Å². The highest BCUT2D eigenvalue weighted by Crippen LogP contribution is 2.40. The zero-order valence-corrected chi connectivity index (χ0v) is 15.8. The lowest BCUT2D eigenvalue weighted by atomic mass is 10.1. The van der Waals surface area contributed by atoms with Crippen molar-refractivity contribution in [2.24, 2.45) is 0 Å². The molecule has 0 spiro atoms. The van der Waals surface area contributed by atoms with E-state index in [1.165, 1.54) is 0 Å². The van der Waals surface area contributed by atoms with E-state index in [4.69, 9.17) is 4.74 Å². The Morgan fingerprint density at radius 1 is 1.20 bits per heavy atom. The molecule has 2 fully saturated rings. The maximum atomic E-state index is 12.9. The highest BCUT2D eigenvalue weighted by atomic mass is 32.2. The molecule has 0 unspecified atom stereocenters. The number of carbonyl (C=O) groups excluding carboxylic acids is 2. The summed E-state index contributed by atoms with van der Waals surface area (Å²) in [5.41, 5.74) is 1.02. The normalized spacial score (nSPS) is 23.0. The van der Waals surface area contributed by atoms with Crippen molar-refractivity contribution in [3.63, 3.8) is 0 Å². The summed E-state index contributed by atoms with van der Waals surface area (Å²) in [5.74, 6) is 1.27. The van der Waals surface area contributed by atoms with E-state index < -0.39 is 6.04 Å². The van der Waals surface area contributed by atoms with Gasteiger partial charge in [-0.1, -0.05) is 12.1 Å². The first-order valence-corrected chi connectivity index (χ1v) is 9.60. The van der Waals surface area contributed by atoms with Gasteiger partial charge in [-0.3, -0.25) is 9.59 Å². The van der Waals surface area contributed by atoms with E-state index in [1.54, 1.807) is 23.8 Å². The standard InChI is InChI=1S/C18H25N3O3S/c1-13(17(23)20-10-8-19(2)9-11-20)21-16(22)12-25-18(21)14-4-6-15(24-3)7-5-14/h4-7,13,18H,8-12H2,1-3H3/t13-,18+/m1/s1. The third-order valence-electron chi connectivity index (χ3n) is 4.90. The number of methoxy groups -OCH3 is 1. The minimum absolute atomic E-state index is 0.0285. The summed E-state index contributed by atoms with van der Waals surface area (Å²) in [6.45, 7) is 5.05. The monoisotopic (exact) mass is 363 g/mol. The lowest BCUT2D eigenvalue weighted by Gasteiger charge is -2.37. The summed E-state index contributed by atoms with van der Waals surface area (Å²) in [5, 5.41) is -0.121. The van der Waals surface area contributed by atoms with Crippen LogP contribution in [-0.2, 0) is 9.59 Å². The minimum atomic E-state index is -0.446. The van der Waals surface area contributed by atoms with Gasteiger partial charge in [-0.2, -0.15) is 0 Å². The Labute approximate surface area is 153 Å². The molecule has 0 aromatic heterocycles. The quantitative estimate of drug-likeness (QED) is 0.810. The Bertz CT molecular complexity index is 629. The molecule has 7 heteroatoms. The van der Waals surface area contributed by atoms with Gasteiger partial charge in [0.15, 0.2) is 0 Å². The van der Waals surface area contributed by atoms with E-state index in [9.17, 15) is 9.59 Å². The molecule has 0 radical (unpaired) electrons. The maximum Gasteiger partial charge on any atom is 0.245 e. The SMILES string of the molecule is COc1ccc([C@@H]2SCC(=O)N2[C@H](C)C(=O)N2CCN(C)CC2)cc1. The zero-order valence-electron chi connectivity index (χ0n) is 15.0. The Hall–Kier alpha value is -1.73. The molecule has 2 amide bonds. The van der Waals surface area contributed by atoms with Gasteiger partial charge in [0.25, 0.3) is 0 Å². The summed E-state index contributed by atoms with van der Waals surface area (Å²) in [7, 11) is 3.69. The number of rotatable bonds is 4. The topological polar surface area (TPSA) is 53.1 Å². The highest BCUT2D eigenvalue weighted by molar-refractivity contribution is 8.00. The molecule has 6 nitrogen and oxygen atoms in total. The molecule has 136 valence electrons. The number of amides is 2. The molecule has 1 aromatic carbocycles. The second kappa shape index (κ2) is 7.66. The third kappa shape index (κ3) is 3.77. The van der Waals surface area contributed by atoms with Crippen LogP contribution in [0, 0.1) is 0 Å².